The number of benzene rings is 1. The zero-order valence-corrected chi connectivity index (χ0v) is 21.0. The van der Waals surface area contributed by atoms with Crippen LogP contribution in [0.3, 0.4) is 0 Å². The molecule has 4 heterocycles. The van der Waals surface area contributed by atoms with Gasteiger partial charge >= 0.3 is 11.9 Å². The summed E-state index contributed by atoms with van der Waals surface area (Å²) < 4.78 is 41.9. The largest absolute Gasteiger partial charge is 0.478 e. The van der Waals surface area contributed by atoms with Crippen LogP contribution in [-0.2, 0) is 20.7 Å². The van der Waals surface area contributed by atoms with Crippen molar-refractivity contribution < 1.29 is 33.0 Å². The van der Waals surface area contributed by atoms with Crippen molar-refractivity contribution in [2.45, 2.75) is 45.6 Å². The minimum Gasteiger partial charge on any atom is -0.478 e. The first-order valence-corrected chi connectivity index (χ1v) is 12.5. The lowest BCUT2D eigenvalue weighted by atomic mass is 10.0. The van der Waals surface area contributed by atoms with Crippen molar-refractivity contribution in [1.82, 2.24) is 14.3 Å². The lowest BCUT2D eigenvalue weighted by Gasteiger charge is -2.33. The number of unbranched alkanes of at least 4 members (excludes halogenated alkanes) is 2. The number of pyridine rings is 1. The third kappa shape index (κ3) is 6.69. The number of hydrogen-bond donors (Lipinski definition) is 1. The number of imidazole rings is 1. The molecule has 1 unspecified atom stereocenters. The number of carbonyl (C=O) groups is 2. The molecule has 1 N–H and O–H groups in total. The Morgan fingerprint density at radius 3 is 2.54 bits per heavy atom. The molecule has 10 heteroatoms. The second-order valence-corrected chi connectivity index (χ2v) is 9.32. The number of rotatable bonds is 8. The molecule has 37 heavy (non-hydrogen) atoms. The molecule has 0 bridgehead atoms. The first-order chi connectivity index (χ1) is 17.8. The van der Waals surface area contributed by atoms with Gasteiger partial charge in [-0.15, -0.1) is 0 Å². The van der Waals surface area contributed by atoms with Crippen LogP contribution in [-0.4, -0.2) is 70.3 Å². The molecule has 198 valence electrons. The quantitative estimate of drug-likeness (QED) is 0.354. The van der Waals surface area contributed by atoms with Crippen LogP contribution in [0.15, 0.2) is 30.5 Å². The summed E-state index contributed by atoms with van der Waals surface area (Å²) in [6, 6.07) is 5.45. The van der Waals surface area contributed by atoms with Crippen molar-refractivity contribution in [3.05, 3.63) is 58.9 Å². The van der Waals surface area contributed by atoms with E-state index in [-0.39, 0.29) is 23.3 Å². The van der Waals surface area contributed by atoms with Crippen LogP contribution in [0.4, 0.5) is 8.78 Å². The maximum absolute atomic E-state index is 15.0. The van der Waals surface area contributed by atoms with Gasteiger partial charge in [0, 0.05) is 25.7 Å². The Bertz CT molecular complexity index is 1260. The molecule has 2 fully saturated rings. The number of halogens is 2. The van der Waals surface area contributed by atoms with E-state index < -0.39 is 23.2 Å². The van der Waals surface area contributed by atoms with E-state index in [9.17, 15) is 18.4 Å². The normalized spacial score (nSPS) is 17.3. The van der Waals surface area contributed by atoms with Gasteiger partial charge in [-0.1, -0.05) is 19.8 Å². The van der Waals surface area contributed by atoms with Crippen LogP contribution in [0.5, 0.6) is 0 Å². The number of aromatic nitrogens is 2. The van der Waals surface area contributed by atoms with Gasteiger partial charge in [0.05, 0.1) is 35.2 Å². The van der Waals surface area contributed by atoms with Crippen molar-refractivity contribution in [3.8, 4) is 11.3 Å². The molecular formula is C27H31F2N3O5. The fourth-order valence-electron chi connectivity index (χ4n) is 4.45. The van der Waals surface area contributed by atoms with Crippen LogP contribution in [0.1, 0.15) is 47.8 Å². The van der Waals surface area contributed by atoms with E-state index in [0.29, 0.717) is 31.0 Å². The zero-order valence-electron chi connectivity index (χ0n) is 21.0. The van der Waals surface area contributed by atoms with Crippen LogP contribution in [0.2, 0.25) is 0 Å². The molecule has 2 saturated heterocycles. The molecule has 5 rings (SSSR count). The summed E-state index contributed by atoms with van der Waals surface area (Å²) in [5.41, 5.74) is 1.63. The highest BCUT2D eigenvalue weighted by Gasteiger charge is 2.27. The van der Waals surface area contributed by atoms with Gasteiger partial charge in [-0.2, -0.15) is 0 Å². The molecule has 2 aromatic heterocycles. The standard InChI is InChI=1S/C25H29F2N3O3.C2H2O2/c1-3-4-5-7-29-9-10-33-18(15-29)14-21-24(28-22-11-16(2)6-8-30(21)22)23-19(26)12-17(25(31)32)13-20(23)27;3-2-1-4-2/h6,8,11-13,18H,3-5,7,9-10,14-15H2,1-2H3,(H,31,32);1H2. The van der Waals surface area contributed by atoms with E-state index in [1.807, 2.05) is 29.7 Å². The molecule has 1 aromatic carbocycles. The smallest absolute Gasteiger partial charge is 0.344 e. The summed E-state index contributed by atoms with van der Waals surface area (Å²) in [7, 11) is 0. The molecule has 3 aromatic rings. The van der Waals surface area contributed by atoms with Crippen LogP contribution >= 0.6 is 0 Å². The minimum atomic E-state index is -1.39. The highest BCUT2D eigenvalue weighted by molar-refractivity contribution is 5.88. The molecule has 0 aliphatic carbocycles. The number of carboxylic acids is 1. The van der Waals surface area contributed by atoms with E-state index in [1.165, 1.54) is 6.42 Å². The third-order valence-electron chi connectivity index (χ3n) is 6.39. The Hall–Kier alpha value is -3.37. The highest BCUT2D eigenvalue weighted by Crippen LogP contribution is 2.32. The first-order valence-electron chi connectivity index (χ1n) is 12.5. The molecule has 0 spiro atoms. The zero-order chi connectivity index (χ0) is 26.5. The summed E-state index contributed by atoms with van der Waals surface area (Å²) in [6.45, 7) is 7.68. The van der Waals surface area contributed by atoms with E-state index in [0.717, 1.165) is 50.2 Å². The van der Waals surface area contributed by atoms with Crippen molar-refractivity contribution >= 4 is 17.6 Å². The maximum atomic E-state index is 15.0. The fourth-order valence-corrected chi connectivity index (χ4v) is 4.45. The molecule has 1 atom stereocenters. The predicted octanol–water partition coefficient (Wildman–Crippen LogP) is 4.26. The van der Waals surface area contributed by atoms with Crippen LogP contribution in [0, 0.1) is 18.6 Å². The third-order valence-corrected chi connectivity index (χ3v) is 6.39. The molecule has 2 aliphatic heterocycles. The van der Waals surface area contributed by atoms with E-state index in [1.54, 1.807) is 0 Å². The second-order valence-electron chi connectivity index (χ2n) is 9.32. The summed E-state index contributed by atoms with van der Waals surface area (Å²) in [5, 5.41) is 9.14. The first kappa shape index (κ1) is 26.7. The summed E-state index contributed by atoms with van der Waals surface area (Å²) >= 11 is 0. The number of epoxide rings is 1. The number of ether oxygens (including phenoxy) is 2. The Morgan fingerprint density at radius 1 is 1.22 bits per heavy atom. The number of morpholine rings is 1. The minimum absolute atomic E-state index is 0.0833. The Morgan fingerprint density at radius 2 is 1.92 bits per heavy atom. The van der Waals surface area contributed by atoms with Gasteiger partial charge in [-0.3, -0.25) is 4.90 Å². The van der Waals surface area contributed by atoms with E-state index >= 15 is 0 Å². The summed E-state index contributed by atoms with van der Waals surface area (Å²) in [4.78, 5) is 27.5. The highest BCUT2D eigenvalue weighted by atomic mass is 19.1. The molecule has 0 saturated carbocycles. The fraction of sp³-hybridized carbons (Fsp3) is 0.444. The molecular weight excluding hydrogens is 484 g/mol. The molecule has 2 aliphatic rings. The summed E-state index contributed by atoms with van der Waals surface area (Å²) in [5.74, 6) is -3.36. The predicted molar refractivity (Wildman–Crippen MR) is 133 cm³/mol. The number of nitrogens with zero attached hydrogens (tertiary/aromatic N) is 3. The van der Waals surface area contributed by atoms with E-state index in [2.05, 4.69) is 21.5 Å². The van der Waals surface area contributed by atoms with Gasteiger partial charge in [0.15, 0.2) is 6.61 Å². The van der Waals surface area contributed by atoms with Crippen molar-refractivity contribution in [3.63, 3.8) is 0 Å². The van der Waals surface area contributed by atoms with Gasteiger partial charge in [-0.05, 0) is 49.7 Å². The average Bonchev–Trinajstić information content (AvgIpc) is 3.57. The van der Waals surface area contributed by atoms with Gasteiger partial charge in [0.1, 0.15) is 17.3 Å². The van der Waals surface area contributed by atoms with Crippen molar-refractivity contribution in [1.29, 1.82) is 0 Å². The molecule has 8 nitrogen and oxygen atoms in total. The maximum Gasteiger partial charge on any atom is 0.344 e. The lowest BCUT2D eigenvalue weighted by Crippen LogP contribution is -2.43. The number of carbonyl (C=O) groups excluding carboxylic acids is 1. The molecule has 0 amide bonds. The van der Waals surface area contributed by atoms with Crippen molar-refractivity contribution in [2.75, 3.05) is 32.8 Å². The number of carboxylic acid groups (broad SMARTS) is 1. The number of aryl methyl sites for hydroxylation is 1. The van der Waals surface area contributed by atoms with E-state index in [4.69, 9.17) is 9.84 Å². The number of fused-ring (bicyclic) bond motifs is 1. The van der Waals surface area contributed by atoms with Gasteiger partial charge < -0.3 is 19.0 Å². The van der Waals surface area contributed by atoms with Crippen LogP contribution < -0.4 is 0 Å². The Balaban J connectivity index is 0.000000730. The SMILES string of the molecule is CCCCCN1CCOC(Cc2c(-c3c(F)cc(C(=O)O)cc3F)nc3cc(C)ccn23)C1.O=C1CO1. The van der Waals surface area contributed by atoms with Gasteiger partial charge in [0.25, 0.3) is 0 Å². The Labute approximate surface area is 213 Å². The lowest BCUT2D eigenvalue weighted by molar-refractivity contribution is -0.117. The van der Waals surface area contributed by atoms with Gasteiger partial charge in [-0.25, -0.2) is 23.4 Å². The van der Waals surface area contributed by atoms with Gasteiger partial charge in [0.2, 0.25) is 0 Å². The Kier molecular flexibility index (Phi) is 8.50. The second kappa shape index (κ2) is 11.8. The molecule has 0 radical (unpaired) electrons. The average molecular weight is 516 g/mol. The number of aromatic carboxylic acids is 1. The number of hydrogen-bond acceptors (Lipinski definition) is 6. The van der Waals surface area contributed by atoms with Crippen molar-refractivity contribution in [2.24, 2.45) is 0 Å². The van der Waals surface area contributed by atoms with Crippen LogP contribution in [0.25, 0.3) is 16.9 Å². The number of cyclic esters (lactones) is 1. The summed E-state index contributed by atoms with van der Waals surface area (Å²) in [6.07, 6.45) is 5.63. The topological polar surface area (TPSA) is 96.7 Å². The monoisotopic (exact) mass is 515 g/mol.